The van der Waals surface area contributed by atoms with Gasteiger partial charge in [0.1, 0.15) is 18.2 Å². The van der Waals surface area contributed by atoms with Crippen LogP contribution in [0.4, 0.5) is 4.79 Å². The molecular formula is C16H28N2O10. The van der Waals surface area contributed by atoms with Crippen LogP contribution in [0.3, 0.4) is 0 Å². The zero-order valence-corrected chi connectivity index (χ0v) is 16.2. The van der Waals surface area contributed by atoms with Crippen LogP contribution in [-0.4, -0.2) is 78.8 Å². The summed E-state index contributed by atoms with van der Waals surface area (Å²) in [5.41, 5.74) is 1.46. The summed E-state index contributed by atoms with van der Waals surface area (Å²) in [6, 6.07) is -1.29. The molecule has 0 aliphatic rings. The average Bonchev–Trinajstić information content (AvgIpc) is 2.54. The van der Waals surface area contributed by atoms with Crippen molar-refractivity contribution in [2.75, 3.05) is 33.0 Å². The summed E-state index contributed by atoms with van der Waals surface area (Å²) in [6.45, 7) is 5.20. The van der Waals surface area contributed by atoms with Gasteiger partial charge in [-0.3, -0.25) is 14.4 Å². The van der Waals surface area contributed by atoms with E-state index in [1.807, 2.05) is 0 Å². The molecule has 28 heavy (non-hydrogen) atoms. The maximum absolute atomic E-state index is 11.6. The molecule has 0 heterocycles. The predicted molar refractivity (Wildman–Crippen MR) is 93.4 cm³/mol. The molecule has 1 atom stereocenters. The Hall–Kier alpha value is -2.44. The Morgan fingerprint density at radius 2 is 1.57 bits per heavy atom. The van der Waals surface area contributed by atoms with Gasteiger partial charge in [-0.05, 0) is 27.2 Å². The third-order valence-electron chi connectivity index (χ3n) is 2.77. The fourth-order valence-corrected chi connectivity index (χ4v) is 1.66. The molecule has 162 valence electrons. The van der Waals surface area contributed by atoms with Crippen LogP contribution in [0, 0.1) is 0 Å². The van der Waals surface area contributed by atoms with Crippen LogP contribution >= 0.6 is 0 Å². The van der Waals surface area contributed by atoms with Gasteiger partial charge in [0.25, 0.3) is 0 Å². The summed E-state index contributed by atoms with van der Waals surface area (Å²) in [7, 11) is 0. The fraction of sp³-hybridized carbons (Fsp3) is 0.750. The molecule has 0 saturated heterocycles. The van der Waals surface area contributed by atoms with Crippen molar-refractivity contribution >= 4 is 23.9 Å². The number of nitrogens with one attached hydrogen (secondary N) is 2. The minimum atomic E-state index is -1.32. The Kier molecular flexibility index (Phi) is 12.5. The van der Waals surface area contributed by atoms with Crippen LogP contribution in [0.15, 0.2) is 0 Å². The molecule has 0 saturated carbocycles. The third-order valence-corrected chi connectivity index (χ3v) is 2.77. The van der Waals surface area contributed by atoms with Crippen LogP contribution in [0.25, 0.3) is 0 Å². The predicted octanol–water partition coefficient (Wildman–Crippen LogP) is -0.0899. The number of amides is 2. The molecule has 12 nitrogen and oxygen atoms in total. The average molecular weight is 408 g/mol. The summed E-state index contributed by atoms with van der Waals surface area (Å²) >= 11 is 0. The second-order valence-electron chi connectivity index (χ2n) is 6.51. The Morgan fingerprint density at radius 3 is 2.14 bits per heavy atom. The maximum atomic E-state index is 11.6. The highest BCUT2D eigenvalue weighted by atomic mass is 16.7. The quantitative estimate of drug-likeness (QED) is 0.225. The lowest BCUT2D eigenvalue weighted by Crippen LogP contribution is -2.42. The van der Waals surface area contributed by atoms with Crippen molar-refractivity contribution in [3.63, 3.8) is 0 Å². The number of ether oxygens (including phenoxy) is 3. The Balaban J connectivity index is 3.69. The molecule has 0 aliphatic carbocycles. The molecule has 0 aromatic carbocycles. The van der Waals surface area contributed by atoms with Crippen molar-refractivity contribution in [1.29, 1.82) is 0 Å². The van der Waals surface area contributed by atoms with E-state index in [4.69, 9.17) is 29.3 Å². The molecular weight excluding hydrogens is 380 g/mol. The number of hydrogen-bond acceptors (Lipinski definition) is 8. The number of hydrogen-bond donors (Lipinski definition) is 4. The van der Waals surface area contributed by atoms with E-state index >= 15 is 0 Å². The van der Waals surface area contributed by atoms with Gasteiger partial charge in [-0.1, -0.05) is 0 Å². The molecule has 2 amide bonds. The lowest BCUT2D eigenvalue weighted by molar-refractivity contribution is -0.143. The van der Waals surface area contributed by atoms with Gasteiger partial charge in [0.15, 0.2) is 0 Å². The highest BCUT2D eigenvalue weighted by molar-refractivity contribution is 5.84. The molecule has 4 N–H and O–H groups in total. The first-order chi connectivity index (χ1) is 13.0. The number of carbonyl (C=O) groups is 4. The van der Waals surface area contributed by atoms with E-state index in [1.165, 1.54) is 0 Å². The topological polar surface area (TPSA) is 170 Å². The maximum Gasteiger partial charge on any atom is 0.431 e. The van der Waals surface area contributed by atoms with Crippen molar-refractivity contribution in [2.24, 2.45) is 0 Å². The number of aliphatic carboxylic acids is 2. The molecule has 0 unspecified atom stereocenters. The van der Waals surface area contributed by atoms with Crippen LogP contribution in [0.1, 0.15) is 33.6 Å². The van der Waals surface area contributed by atoms with E-state index in [0.717, 1.165) is 0 Å². The molecule has 0 rings (SSSR count). The molecule has 0 fully saturated rings. The number of carboxylic acid groups (broad SMARTS) is 2. The lowest BCUT2D eigenvalue weighted by atomic mass is 10.1. The number of rotatable bonds is 14. The van der Waals surface area contributed by atoms with Gasteiger partial charge in [-0.15, -0.1) is 0 Å². The highest BCUT2D eigenvalue weighted by Gasteiger charge is 2.20. The summed E-state index contributed by atoms with van der Waals surface area (Å²) in [6.07, 6.45) is -1.32. The van der Waals surface area contributed by atoms with Crippen molar-refractivity contribution < 1.29 is 48.4 Å². The van der Waals surface area contributed by atoms with Gasteiger partial charge in [-0.25, -0.2) is 9.59 Å². The first-order valence-corrected chi connectivity index (χ1v) is 8.51. The molecule has 0 bridgehead atoms. The normalized spacial score (nSPS) is 12.1. The smallest absolute Gasteiger partial charge is 0.431 e. The number of carbonyl (C=O) groups excluding carboxylic acids is 2. The molecule has 0 aromatic heterocycles. The first kappa shape index (κ1) is 25.6. The Morgan fingerprint density at radius 1 is 0.964 bits per heavy atom. The standard InChI is InChI=1S/C16H28N2O10/c1-16(2,3)28-15(24)18-27-9-8-25-6-7-26-10-12(19)17-11(14(22)23)4-5-13(20)21/h11H,4-10H2,1-3H3,(H,17,19)(H,18,24)(H,20,21)(H,22,23)/t11-/m0/s1. The van der Waals surface area contributed by atoms with Gasteiger partial charge >= 0.3 is 18.0 Å². The summed E-state index contributed by atoms with van der Waals surface area (Å²) in [5.74, 6) is -3.15. The second kappa shape index (κ2) is 13.7. The van der Waals surface area contributed by atoms with E-state index in [-0.39, 0.29) is 39.3 Å². The van der Waals surface area contributed by atoms with Gasteiger partial charge in [0, 0.05) is 6.42 Å². The van der Waals surface area contributed by atoms with Gasteiger partial charge in [-0.2, -0.15) is 5.48 Å². The summed E-state index contributed by atoms with van der Waals surface area (Å²) < 4.78 is 15.1. The first-order valence-electron chi connectivity index (χ1n) is 8.51. The SMILES string of the molecule is CC(C)(C)OC(=O)NOCCOCCOCC(=O)N[C@@H](CCC(=O)O)C(=O)O. The van der Waals surface area contributed by atoms with E-state index in [9.17, 15) is 19.2 Å². The van der Waals surface area contributed by atoms with E-state index in [2.05, 4.69) is 10.8 Å². The van der Waals surface area contributed by atoms with Crippen molar-refractivity contribution in [3.05, 3.63) is 0 Å². The summed E-state index contributed by atoms with van der Waals surface area (Å²) in [4.78, 5) is 49.1. The highest BCUT2D eigenvalue weighted by Crippen LogP contribution is 2.06. The van der Waals surface area contributed by atoms with E-state index in [0.29, 0.717) is 0 Å². The van der Waals surface area contributed by atoms with Crippen molar-refractivity contribution in [1.82, 2.24) is 10.8 Å². The van der Waals surface area contributed by atoms with E-state index in [1.54, 1.807) is 20.8 Å². The van der Waals surface area contributed by atoms with Gasteiger partial charge < -0.3 is 29.7 Å². The molecule has 12 heteroatoms. The zero-order chi connectivity index (χ0) is 21.6. The Labute approximate surface area is 162 Å². The molecule has 0 spiro atoms. The molecule has 0 radical (unpaired) electrons. The van der Waals surface area contributed by atoms with Gasteiger partial charge in [0.2, 0.25) is 5.91 Å². The van der Waals surface area contributed by atoms with Crippen molar-refractivity contribution in [3.8, 4) is 0 Å². The van der Waals surface area contributed by atoms with Crippen LogP contribution in [-0.2, 0) is 33.4 Å². The third kappa shape index (κ3) is 15.8. The second-order valence-corrected chi connectivity index (χ2v) is 6.51. The van der Waals surface area contributed by atoms with Gasteiger partial charge in [0.05, 0.1) is 26.4 Å². The largest absolute Gasteiger partial charge is 0.481 e. The monoisotopic (exact) mass is 408 g/mol. The minimum absolute atomic E-state index is 0.0692. The minimum Gasteiger partial charge on any atom is -0.481 e. The molecule has 0 aromatic rings. The van der Waals surface area contributed by atoms with E-state index < -0.39 is 42.2 Å². The van der Waals surface area contributed by atoms with Crippen LogP contribution in [0.2, 0.25) is 0 Å². The lowest BCUT2D eigenvalue weighted by Gasteiger charge is -2.19. The zero-order valence-electron chi connectivity index (χ0n) is 16.2. The fourth-order valence-electron chi connectivity index (χ4n) is 1.66. The van der Waals surface area contributed by atoms with Crippen molar-refractivity contribution in [2.45, 2.75) is 45.3 Å². The molecule has 0 aliphatic heterocycles. The summed E-state index contributed by atoms with van der Waals surface area (Å²) in [5, 5.41) is 19.6. The Bertz CT molecular complexity index is 518. The van der Waals surface area contributed by atoms with Crippen LogP contribution < -0.4 is 10.8 Å². The number of hydroxylamine groups is 1. The number of carboxylic acids is 2. The van der Waals surface area contributed by atoms with Crippen LogP contribution in [0.5, 0.6) is 0 Å².